The van der Waals surface area contributed by atoms with Gasteiger partial charge in [0.15, 0.2) is 0 Å². The molecule has 0 unspecified atom stereocenters. The lowest BCUT2D eigenvalue weighted by Gasteiger charge is -2.13. The minimum atomic E-state index is -0.980. The van der Waals surface area contributed by atoms with Gasteiger partial charge in [0.1, 0.15) is 17.2 Å². The molecule has 0 aliphatic heterocycles. The van der Waals surface area contributed by atoms with E-state index in [9.17, 15) is 9.90 Å². The summed E-state index contributed by atoms with van der Waals surface area (Å²) in [6.07, 6.45) is 0. The molecule has 4 aromatic carbocycles. The maximum atomic E-state index is 11.6. The Balaban J connectivity index is 1.91. The van der Waals surface area contributed by atoms with Crippen molar-refractivity contribution >= 4 is 27.5 Å². The van der Waals surface area contributed by atoms with Gasteiger partial charge in [0.25, 0.3) is 0 Å². The first-order valence-electron chi connectivity index (χ1n) is 8.17. The van der Waals surface area contributed by atoms with E-state index < -0.39 is 5.97 Å². The standard InChI is InChI=1S/C22H16O4/c1-25-16-12-11-14-5-3-9-19(18(14)13-16)26-20-10-4-7-15-6-2-8-17(21(15)20)22(23)24/h2-13H,1H3,(H,23,24). The number of carboxylic acids is 1. The number of benzene rings is 4. The van der Waals surface area contributed by atoms with Crippen LogP contribution in [0.4, 0.5) is 0 Å². The number of carboxylic acid groups (broad SMARTS) is 1. The fourth-order valence-corrected chi connectivity index (χ4v) is 3.13. The summed E-state index contributed by atoms with van der Waals surface area (Å²) in [5.41, 5.74) is 0.218. The third-order valence-electron chi connectivity index (χ3n) is 4.37. The normalized spacial score (nSPS) is 10.8. The molecule has 0 aliphatic rings. The highest BCUT2D eigenvalue weighted by Crippen LogP contribution is 2.36. The molecular weight excluding hydrogens is 328 g/mol. The molecule has 0 atom stereocenters. The smallest absolute Gasteiger partial charge is 0.336 e. The Morgan fingerprint density at radius 2 is 1.54 bits per heavy atom. The Labute approximate surface area is 150 Å². The van der Waals surface area contributed by atoms with E-state index in [0.717, 1.165) is 21.9 Å². The van der Waals surface area contributed by atoms with Gasteiger partial charge < -0.3 is 14.6 Å². The maximum absolute atomic E-state index is 11.6. The molecule has 0 spiro atoms. The summed E-state index contributed by atoms with van der Waals surface area (Å²) in [5, 5.41) is 12.9. The lowest BCUT2D eigenvalue weighted by molar-refractivity contribution is 0.0699. The summed E-state index contributed by atoms with van der Waals surface area (Å²) in [6, 6.07) is 22.3. The summed E-state index contributed by atoms with van der Waals surface area (Å²) in [7, 11) is 1.62. The molecular formula is C22H16O4. The number of hydrogen-bond donors (Lipinski definition) is 1. The maximum Gasteiger partial charge on any atom is 0.336 e. The number of carbonyl (C=O) groups is 1. The molecule has 1 N–H and O–H groups in total. The number of hydrogen-bond acceptors (Lipinski definition) is 3. The van der Waals surface area contributed by atoms with E-state index in [1.165, 1.54) is 0 Å². The van der Waals surface area contributed by atoms with Crippen molar-refractivity contribution < 1.29 is 19.4 Å². The topological polar surface area (TPSA) is 55.8 Å². The molecule has 0 saturated carbocycles. The molecule has 0 saturated heterocycles. The zero-order valence-corrected chi connectivity index (χ0v) is 14.1. The van der Waals surface area contributed by atoms with Gasteiger partial charge in [-0.15, -0.1) is 0 Å². The highest BCUT2D eigenvalue weighted by molar-refractivity contribution is 6.06. The van der Waals surface area contributed by atoms with E-state index in [1.54, 1.807) is 25.3 Å². The summed E-state index contributed by atoms with van der Waals surface area (Å²) in [5.74, 6) is 0.911. The van der Waals surface area contributed by atoms with E-state index in [0.29, 0.717) is 16.9 Å². The Kier molecular flexibility index (Phi) is 3.93. The van der Waals surface area contributed by atoms with E-state index in [1.807, 2.05) is 54.6 Å². The number of rotatable bonds is 4. The van der Waals surface area contributed by atoms with Crippen LogP contribution >= 0.6 is 0 Å². The van der Waals surface area contributed by atoms with Crippen molar-refractivity contribution in [3.05, 3.63) is 78.4 Å². The Morgan fingerprint density at radius 3 is 2.27 bits per heavy atom. The Bertz CT molecular complexity index is 1130. The van der Waals surface area contributed by atoms with Gasteiger partial charge >= 0.3 is 5.97 Å². The van der Waals surface area contributed by atoms with E-state index in [2.05, 4.69) is 0 Å². The van der Waals surface area contributed by atoms with Gasteiger partial charge in [-0.25, -0.2) is 4.79 Å². The SMILES string of the molecule is COc1ccc2cccc(Oc3cccc4cccc(C(=O)O)c34)c2c1. The van der Waals surface area contributed by atoms with Crippen LogP contribution in [0.2, 0.25) is 0 Å². The molecule has 26 heavy (non-hydrogen) atoms. The van der Waals surface area contributed by atoms with Gasteiger partial charge in [-0.05, 0) is 41.1 Å². The fourth-order valence-electron chi connectivity index (χ4n) is 3.13. The average molecular weight is 344 g/mol. The number of ether oxygens (including phenoxy) is 2. The van der Waals surface area contributed by atoms with Crippen molar-refractivity contribution in [2.75, 3.05) is 7.11 Å². The van der Waals surface area contributed by atoms with Crippen molar-refractivity contribution in [1.29, 1.82) is 0 Å². The molecule has 0 aromatic heterocycles. The number of fused-ring (bicyclic) bond motifs is 2. The van der Waals surface area contributed by atoms with Gasteiger partial charge in [-0.3, -0.25) is 0 Å². The lowest BCUT2D eigenvalue weighted by Crippen LogP contribution is -1.99. The summed E-state index contributed by atoms with van der Waals surface area (Å²) in [6.45, 7) is 0. The van der Waals surface area contributed by atoms with Crippen molar-refractivity contribution in [3.63, 3.8) is 0 Å². The molecule has 0 aliphatic carbocycles. The quantitative estimate of drug-likeness (QED) is 0.532. The van der Waals surface area contributed by atoms with Crippen LogP contribution in [0.1, 0.15) is 10.4 Å². The van der Waals surface area contributed by atoms with Crippen LogP contribution in [-0.4, -0.2) is 18.2 Å². The lowest BCUT2D eigenvalue weighted by atomic mass is 10.0. The Morgan fingerprint density at radius 1 is 0.846 bits per heavy atom. The third-order valence-corrected chi connectivity index (χ3v) is 4.37. The number of methoxy groups -OCH3 is 1. The molecule has 0 bridgehead atoms. The summed E-state index contributed by atoms with van der Waals surface area (Å²) >= 11 is 0. The van der Waals surface area contributed by atoms with Crippen LogP contribution in [0.5, 0.6) is 17.2 Å². The van der Waals surface area contributed by atoms with E-state index in [-0.39, 0.29) is 5.56 Å². The molecule has 0 heterocycles. The monoisotopic (exact) mass is 344 g/mol. The van der Waals surface area contributed by atoms with Crippen LogP contribution in [0.3, 0.4) is 0 Å². The number of aromatic carboxylic acids is 1. The van der Waals surface area contributed by atoms with E-state index in [4.69, 9.17) is 9.47 Å². The average Bonchev–Trinajstić information content (AvgIpc) is 2.67. The fraction of sp³-hybridized carbons (Fsp3) is 0.0455. The molecule has 0 fully saturated rings. The minimum absolute atomic E-state index is 0.218. The first-order valence-corrected chi connectivity index (χ1v) is 8.17. The Hall–Kier alpha value is -3.53. The van der Waals surface area contributed by atoms with Crippen molar-refractivity contribution in [2.24, 2.45) is 0 Å². The van der Waals surface area contributed by atoms with Crippen LogP contribution in [-0.2, 0) is 0 Å². The van der Waals surface area contributed by atoms with Gasteiger partial charge in [0.2, 0.25) is 0 Å². The van der Waals surface area contributed by atoms with Gasteiger partial charge in [0.05, 0.1) is 12.7 Å². The highest BCUT2D eigenvalue weighted by atomic mass is 16.5. The largest absolute Gasteiger partial charge is 0.497 e. The van der Waals surface area contributed by atoms with Crippen LogP contribution in [0.15, 0.2) is 72.8 Å². The second-order valence-corrected chi connectivity index (χ2v) is 5.91. The predicted molar refractivity (Wildman–Crippen MR) is 101 cm³/mol. The molecule has 128 valence electrons. The van der Waals surface area contributed by atoms with Crippen LogP contribution < -0.4 is 9.47 Å². The zero-order valence-electron chi connectivity index (χ0n) is 14.1. The van der Waals surface area contributed by atoms with E-state index >= 15 is 0 Å². The highest BCUT2D eigenvalue weighted by Gasteiger charge is 2.14. The molecule has 0 radical (unpaired) electrons. The van der Waals surface area contributed by atoms with Gasteiger partial charge in [-0.1, -0.05) is 42.5 Å². The zero-order chi connectivity index (χ0) is 18.1. The van der Waals surface area contributed by atoms with Gasteiger partial charge in [0, 0.05) is 10.8 Å². The minimum Gasteiger partial charge on any atom is -0.497 e. The van der Waals surface area contributed by atoms with Crippen molar-refractivity contribution in [3.8, 4) is 17.2 Å². The van der Waals surface area contributed by atoms with Gasteiger partial charge in [-0.2, -0.15) is 0 Å². The predicted octanol–water partition coefficient (Wildman–Crippen LogP) is 5.49. The summed E-state index contributed by atoms with van der Waals surface area (Å²) in [4.78, 5) is 11.6. The molecule has 0 amide bonds. The summed E-state index contributed by atoms with van der Waals surface area (Å²) < 4.78 is 11.5. The van der Waals surface area contributed by atoms with Crippen LogP contribution in [0, 0.1) is 0 Å². The molecule has 4 nitrogen and oxygen atoms in total. The second-order valence-electron chi connectivity index (χ2n) is 5.91. The first-order chi connectivity index (χ1) is 12.7. The molecule has 4 rings (SSSR count). The third kappa shape index (κ3) is 2.71. The van der Waals surface area contributed by atoms with Crippen LogP contribution in [0.25, 0.3) is 21.5 Å². The van der Waals surface area contributed by atoms with Crippen molar-refractivity contribution in [1.82, 2.24) is 0 Å². The molecule has 4 aromatic rings. The van der Waals surface area contributed by atoms with Crippen molar-refractivity contribution in [2.45, 2.75) is 0 Å². The first kappa shape index (κ1) is 16.0. The second kappa shape index (κ2) is 6.41. The molecule has 4 heteroatoms.